The predicted molar refractivity (Wildman–Crippen MR) is 70.6 cm³/mol. The zero-order valence-electron chi connectivity index (χ0n) is 10.9. The molecule has 0 aliphatic rings. The summed E-state index contributed by atoms with van der Waals surface area (Å²) in [6, 6.07) is 4.71. The Morgan fingerprint density at radius 1 is 1.50 bits per heavy atom. The Morgan fingerprint density at radius 2 is 2.17 bits per heavy atom. The predicted octanol–water partition coefficient (Wildman–Crippen LogP) is 1.02. The second kappa shape index (κ2) is 6.26. The van der Waals surface area contributed by atoms with Gasteiger partial charge in [0.05, 0.1) is 31.0 Å². The third-order valence-electron chi connectivity index (χ3n) is 2.81. The standard InChI is InChI=1S/C13H20N2O3/c1-8(2)11(7-16)15-13(17)9-5-4-6-10(14)12(9)18-3/h4-6,8,11,16H,7,14H2,1-3H3,(H,15,17)/t11-/m1/s1. The first-order valence-corrected chi connectivity index (χ1v) is 5.85. The van der Waals surface area contributed by atoms with E-state index in [-0.39, 0.29) is 24.5 Å². The normalized spacial score (nSPS) is 12.3. The topological polar surface area (TPSA) is 84.6 Å². The highest BCUT2D eigenvalue weighted by atomic mass is 16.5. The first kappa shape index (κ1) is 14.3. The molecule has 1 atom stereocenters. The van der Waals surface area contributed by atoms with Crippen molar-refractivity contribution in [3.8, 4) is 5.75 Å². The number of nitrogen functional groups attached to an aromatic ring is 1. The zero-order valence-corrected chi connectivity index (χ0v) is 10.9. The summed E-state index contributed by atoms with van der Waals surface area (Å²) in [6.07, 6.45) is 0. The van der Waals surface area contributed by atoms with Crippen LogP contribution in [0.2, 0.25) is 0 Å². The van der Waals surface area contributed by atoms with Crippen LogP contribution >= 0.6 is 0 Å². The molecule has 0 unspecified atom stereocenters. The van der Waals surface area contributed by atoms with Crippen molar-refractivity contribution in [2.45, 2.75) is 19.9 Å². The number of nitrogens with one attached hydrogen (secondary N) is 1. The number of ether oxygens (including phenoxy) is 1. The highest BCUT2D eigenvalue weighted by Crippen LogP contribution is 2.25. The molecule has 4 N–H and O–H groups in total. The molecule has 0 heterocycles. The molecule has 0 aromatic heterocycles. The van der Waals surface area contributed by atoms with Gasteiger partial charge in [-0.1, -0.05) is 19.9 Å². The lowest BCUT2D eigenvalue weighted by atomic mass is 10.0. The molecule has 1 aromatic carbocycles. The second-order valence-electron chi connectivity index (χ2n) is 4.43. The summed E-state index contributed by atoms with van der Waals surface area (Å²) < 4.78 is 5.12. The SMILES string of the molecule is COc1c(N)cccc1C(=O)N[C@H](CO)C(C)C. The van der Waals surface area contributed by atoms with Gasteiger partial charge in [-0.25, -0.2) is 0 Å². The monoisotopic (exact) mass is 252 g/mol. The van der Waals surface area contributed by atoms with Gasteiger partial charge in [-0.3, -0.25) is 4.79 Å². The molecule has 0 bridgehead atoms. The maximum Gasteiger partial charge on any atom is 0.255 e. The fraction of sp³-hybridized carbons (Fsp3) is 0.462. The summed E-state index contributed by atoms with van der Waals surface area (Å²) in [7, 11) is 1.47. The fourth-order valence-electron chi connectivity index (χ4n) is 1.63. The van der Waals surface area contributed by atoms with E-state index < -0.39 is 0 Å². The molecule has 0 aliphatic heterocycles. The van der Waals surface area contributed by atoms with Gasteiger partial charge in [-0.05, 0) is 18.1 Å². The van der Waals surface area contributed by atoms with Crippen molar-refractivity contribution in [2.75, 3.05) is 19.5 Å². The van der Waals surface area contributed by atoms with Gasteiger partial charge in [0.25, 0.3) is 5.91 Å². The number of amides is 1. The van der Waals surface area contributed by atoms with Gasteiger partial charge in [0.15, 0.2) is 5.75 Å². The largest absolute Gasteiger partial charge is 0.494 e. The number of aliphatic hydroxyl groups is 1. The summed E-state index contributed by atoms with van der Waals surface area (Å²) in [5.74, 6) is 0.202. The van der Waals surface area contributed by atoms with Crippen molar-refractivity contribution >= 4 is 11.6 Å². The van der Waals surface area contributed by atoms with Gasteiger partial charge in [-0.2, -0.15) is 0 Å². The smallest absolute Gasteiger partial charge is 0.255 e. The van der Waals surface area contributed by atoms with E-state index >= 15 is 0 Å². The van der Waals surface area contributed by atoms with Gasteiger partial charge < -0.3 is 20.9 Å². The Kier molecular flexibility index (Phi) is 4.97. The lowest BCUT2D eigenvalue weighted by Gasteiger charge is -2.20. The third kappa shape index (κ3) is 3.13. The average Bonchev–Trinajstić information content (AvgIpc) is 2.34. The van der Waals surface area contributed by atoms with E-state index in [1.165, 1.54) is 7.11 Å². The number of hydrogen-bond donors (Lipinski definition) is 3. The van der Waals surface area contributed by atoms with Crippen LogP contribution in [0, 0.1) is 5.92 Å². The summed E-state index contributed by atoms with van der Waals surface area (Å²) in [5.41, 5.74) is 6.52. The van der Waals surface area contributed by atoms with E-state index in [1.54, 1.807) is 18.2 Å². The third-order valence-corrected chi connectivity index (χ3v) is 2.81. The lowest BCUT2D eigenvalue weighted by molar-refractivity contribution is 0.0894. The molecule has 0 aliphatic carbocycles. The highest BCUT2D eigenvalue weighted by molar-refractivity contribution is 5.98. The first-order chi connectivity index (χ1) is 8.51. The number of anilines is 1. The van der Waals surface area contributed by atoms with Crippen molar-refractivity contribution in [1.29, 1.82) is 0 Å². The molecule has 5 heteroatoms. The molecule has 1 aromatic rings. The Hall–Kier alpha value is -1.75. The summed E-state index contributed by atoms with van der Waals surface area (Å²) in [6.45, 7) is 3.75. The van der Waals surface area contributed by atoms with Crippen LogP contribution in [0.4, 0.5) is 5.69 Å². The Balaban J connectivity index is 2.94. The number of methoxy groups -OCH3 is 1. The van der Waals surface area contributed by atoms with E-state index in [1.807, 2.05) is 13.8 Å². The van der Waals surface area contributed by atoms with Crippen LogP contribution in [0.5, 0.6) is 5.75 Å². The van der Waals surface area contributed by atoms with E-state index in [9.17, 15) is 9.90 Å². The average molecular weight is 252 g/mol. The highest BCUT2D eigenvalue weighted by Gasteiger charge is 2.19. The van der Waals surface area contributed by atoms with Gasteiger partial charge >= 0.3 is 0 Å². The number of benzene rings is 1. The molecule has 18 heavy (non-hydrogen) atoms. The molecule has 1 rings (SSSR count). The zero-order chi connectivity index (χ0) is 13.7. The molecule has 0 spiro atoms. The number of rotatable bonds is 5. The van der Waals surface area contributed by atoms with Gasteiger partial charge in [0.2, 0.25) is 0 Å². The number of carbonyl (C=O) groups is 1. The van der Waals surface area contributed by atoms with E-state index in [0.29, 0.717) is 17.0 Å². The lowest BCUT2D eigenvalue weighted by Crippen LogP contribution is -2.41. The maximum atomic E-state index is 12.1. The van der Waals surface area contributed by atoms with Crippen LogP contribution < -0.4 is 15.8 Å². The Morgan fingerprint density at radius 3 is 2.67 bits per heavy atom. The van der Waals surface area contributed by atoms with Crippen molar-refractivity contribution in [3.05, 3.63) is 23.8 Å². The van der Waals surface area contributed by atoms with Crippen LogP contribution in [-0.2, 0) is 0 Å². The molecular weight excluding hydrogens is 232 g/mol. The van der Waals surface area contributed by atoms with Crippen molar-refractivity contribution in [2.24, 2.45) is 5.92 Å². The van der Waals surface area contributed by atoms with Crippen molar-refractivity contribution in [1.82, 2.24) is 5.32 Å². The summed E-state index contributed by atoms with van der Waals surface area (Å²) in [5, 5.41) is 12.0. The number of hydrogen-bond acceptors (Lipinski definition) is 4. The number of para-hydroxylation sites is 1. The van der Waals surface area contributed by atoms with Gasteiger partial charge in [-0.15, -0.1) is 0 Å². The summed E-state index contributed by atoms with van der Waals surface area (Å²) in [4.78, 5) is 12.1. The summed E-state index contributed by atoms with van der Waals surface area (Å²) >= 11 is 0. The van der Waals surface area contributed by atoms with Crippen LogP contribution in [0.25, 0.3) is 0 Å². The number of aliphatic hydroxyl groups excluding tert-OH is 1. The fourth-order valence-corrected chi connectivity index (χ4v) is 1.63. The van der Waals surface area contributed by atoms with E-state index in [4.69, 9.17) is 10.5 Å². The van der Waals surface area contributed by atoms with Gasteiger partial charge in [0, 0.05) is 0 Å². The van der Waals surface area contributed by atoms with Crippen LogP contribution in [-0.4, -0.2) is 30.8 Å². The molecule has 0 saturated carbocycles. The molecule has 100 valence electrons. The molecule has 0 radical (unpaired) electrons. The molecule has 5 nitrogen and oxygen atoms in total. The van der Waals surface area contributed by atoms with Crippen LogP contribution in [0.1, 0.15) is 24.2 Å². The molecule has 0 fully saturated rings. The second-order valence-corrected chi connectivity index (χ2v) is 4.43. The quantitative estimate of drug-likeness (QED) is 0.683. The first-order valence-electron chi connectivity index (χ1n) is 5.85. The number of carbonyl (C=O) groups excluding carboxylic acids is 1. The van der Waals surface area contributed by atoms with Crippen molar-refractivity contribution < 1.29 is 14.6 Å². The number of nitrogens with two attached hydrogens (primary N) is 1. The van der Waals surface area contributed by atoms with Crippen molar-refractivity contribution in [3.63, 3.8) is 0 Å². The van der Waals surface area contributed by atoms with Crippen LogP contribution in [0.15, 0.2) is 18.2 Å². The van der Waals surface area contributed by atoms with Gasteiger partial charge in [0.1, 0.15) is 0 Å². The van der Waals surface area contributed by atoms with E-state index in [0.717, 1.165) is 0 Å². The van der Waals surface area contributed by atoms with E-state index in [2.05, 4.69) is 5.32 Å². The molecular formula is C13H20N2O3. The molecule has 1 amide bonds. The minimum atomic E-state index is -0.299. The minimum absolute atomic E-state index is 0.103. The maximum absolute atomic E-state index is 12.1. The molecule has 0 saturated heterocycles. The Bertz CT molecular complexity index is 419. The minimum Gasteiger partial charge on any atom is -0.494 e. The van der Waals surface area contributed by atoms with Crippen LogP contribution in [0.3, 0.4) is 0 Å². The Labute approximate surface area is 107 Å².